The largest absolute Gasteiger partial charge is 0.382 e. The van der Waals surface area contributed by atoms with Gasteiger partial charge in [0.1, 0.15) is 5.15 Å². The fourth-order valence-electron chi connectivity index (χ4n) is 3.27. The van der Waals surface area contributed by atoms with E-state index < -0.39 is 0 Å². The fourth-order valence-corrected chi connectivity index (χ4v) is 3.43. The first-order valence-corrected chi connectivity index (χ1v) is 8.49. The zero-order valence-electron chi connectivity index (χ0n) is 14.0. The first kappa shape index (κ1) is 16.3. The van der Waals surface area contributed by atoms with E-state index in [0.29, 0.717) is 17.2 Å². The quantitative estimate of drug-likeness (QED) is 0.871. The third-order valence-corrected chi connectivity index (χ3v) is 4.85. The molecule has 0 bridgehead atoms. The number of nitrogens with one attached hydrogen (secondary N) is 1. The van der Waals surface area contributed by atoms with Gasteiger partial charge in [0.25, 0.3) is 0 Å². The fraction of sp³-hybridized carbons (Fsp3) is 0.529. The molecule has 3 rings (SSSR count). The molecule has 0 spiro atoms. The van der Waals surface area contributed by atoms with Crippen LogP contribution in [0.1, 0.15) is 25.7 Å². The second-order valence-electron chi connectivity index (χ2n) is 6.54. The minimum absolute atomic E-state index is 0.479. The summed E-state index contributed by atoms with van der Waals surface area (Å²) in [6, 6.07) is 5.08. The van der Waals surface area contributed by atoms with Gasteiger partial charge in [0.15, 0.2) is 0 Å². The molecule has 0 aromatic carbocycles. The molecule has 0 amide bonds. The Morgan fingerprint density at radius 2 is 2.00 bits per heavy atom. The number of halogens is 1. The van der Waals surface area contributed by atoms with Crippen molar-refractivity contribution in [1.82, 2.24) is 19.7 Å². The van der Waals surface area contributed by atoms with E-state index in [4.69, 9.17) is 11.6 Å². The predicted molar refractivity (Wildman–Crippen MR) is 94.8 cm³/mol. The van der Waals surface area contributed by atoms with Gasteiger partial charge in [-0.15, -0.1) is 0 Å². The second kappa shape index (κ2) is 6.89. The third-order valence-electron chi connectivity index (χ3n) is 4.65. The van der Waals surface area contributed by atoms with Gasteiger partial charge in [-0.3, -0.25) is 4.68 Å². The summed E-state index contributed by atoms with van der Waals surface area (Å²) in [6.45, 7) is 0. The van der Waals surface area contributed by atoms with E-state index in [9.17, 15) is 0 Å². The average molecular weight is 334 g/mol. The molecule has 0 atom stereocenters. The van der Waals surface area contributed by atoms with E-state index in [1.54, 1.807) is 10.9 Å². The molecule has 2 aromatic heterocycles. The van der Waals surface area contributed by atoms with Crippen LogP contribution in [0.5, 0.6) is 0 Å². The van der Waals surface area contributed by atoms with Gasteiger partial charge in [0, 0.05) is 42.8 Å². The Hall–Kier alpha value is -1.59. The molecule has 0 unspecified atom stereocenters. The van der Waals surface area contributed by atoms with Crippen molar-refractivity contribution in [2.24, 2.45) is 7.05 Å². The van der Waals surface area contributed by atoms with Crippen LogP contribution in [-0.4, -0.2) is 45.8 Å². The minimum atomic E-state index is 0.479. The molecule has 2 heterocycles. The molecule has 6 heteroatoms. The second-order valence-corrected chi connectivity index (χ2v) is 6.93. The monoisotopic (exact) mass is 333 g/mol. The van der Waals surface area contributed by atoms with Crippen LogP contribution in [0.3, 0.4) is 0 Å². The van der Waals surface area contributed by atoms with E-state index in [0.717, 1.165) is 16.9 Å². The molecule has 1 N–H and O–H groups in total. The van der Waals surface area contributed by atoms with Gasteiger partial charge in [-0.2, -0.15) is 5.10 Å². The number of rotatable bonds is 4. The van der Waals surface area contributed by atoms with Crippen molar-refractivity contribution in [3.63, 3.8) is 0 Å². The van der Waals surface area contributed by atoms with Crippen molar-refractivity contribution in [3.8, 4) is 11.3 Å². The number of pyridine rings is 1. The van der Waals surface area contributed by atoms with Gasteiger partial charge in [-0.1, -0.05) is 11.6 Å². The summed E-state index contributed by atoms with van der Waals surface area (Å²) >= 11 is 6.11. The van der Waals surface area contributed by atoms with Crippen LogP contribution < -0.4 is 5.32 Å². The summed E-state index contributed by atoms with van der Waals surface area (Å²) in [5.41, 5.74) is 2.95. The predicted octanol–water partition coefficient (Wildman–Crippen LogP) is 3.42. The van der Waals surface area contributed by atoms with Gasteiger partial charge in [-0.25, -0.2) is 4.98 Å². The number of anilines is 1. The van der Waals surface area contributed by atoms with Gasteiger partial charge in [-0.05, 0) is 51.9 Å². The molecule has 0 aliphatic heterocycles. The number of aromatic nitrogens is 3. The summed E-state index contributed by atoms with van der Waals surface area (Å²) in [6.07, 6.45) is 8.54. The van der Waals surface area contributed by atoms with Gasteiger partial charge in [0.2, 0.25) is 0 Å². The maximum Gasteiger partial charge on any atom is 0.131 e. The molecule has 0 saturated heterocycles. The number of hydrogen-bond donors (Lipinski definition) is 1. The highest BCUT2D eigenvalue weighted by molar-refractivity contribution is 6.29. The lowest BCUT2D eigenvalue weighted by molar-refractivity contribution is 0.221. The Kier molecular flexibility index (Phi) is 4.87. The Labute approximate surface area is 142 Å². The molecular formula is C17H24ClN5. The van der Waals surface area contributed by atoms with Crippen LogP contribution in [0.4, 0.5) is 5.69 Å². The third kappa shape index (κ3) is 3.85. The Morgan fingerprint density at radius 1 is 1.26 bits per heavy atom. The lowest BCUT2D eigenvalue weighted by atomic mass is 9.90. The van der Waals surface area contributed by atoms with Crippen LogP contribution in [0.25, 0.3) is 11.3 Å². The normalized spacial score (nSPS) is 21.6. The van der Waals surface area contributed by atoms with Crippen LogP contribution in [0, 0.1) is 0 Å². The number of hydrogen-bond acceptors (Lipinski definition) is 4. The van der Waals surface area contributed by atoms with E-state index in [1.165, 1.54) is 25.7 Å². The Bertz CT molecular complexity index is 659. The van der Waals surface area contributed by atoms with Crippen molar-refractivity contribution in [1.29, 1.82) is 0 Å². The summed E-state index contributed by atoms with van der Waals surface area (Å²) in [5.74, 6) is 0. The summed E-state index contributed by atoms with van der Waals surface area (Å²) in [7, 11) is 6.25. The minimum Gasteiger partial charge on any atom is -0.382 e. The first-order chi connectivity index (χ1) is 11.0. The van der Waals surface area contributed by atoms with Crippen LogP contribution in [0.15, 0.2) is 24.5 Å². The van der Waals surface area contributed by atoms with Crippen LogP contribution in [0.2, 0.25) is 5.15 Å². The highest BCUT2D eigenvalue weighted by atomic mass is 35.5. The summed E-state index contributed by atoms with van der Waals surface area (Å²) in [5, 5.41) is 8.66. The zero-order chi connectivity index (χ0) is 16.4. The molecular weight excluding hydrogens is 310 g/mol. The van der Waals surface area contributed by atoms with E-state index >= 15 is 0 Å². The number of aryl methyl sites for hydroxylation is 1. The lowest BCUT2D eigenvalue weighted by Crippen LogP contribution is -2.36. The standard InChI is InChI=1S/C17H24ClN5/c1-22(2)13-6-4-12(5-7-13)20-16-10-17(18)19-11-14(16)15-8-9-23(3)21-15/h8-13H,4-7H2,1-3H3,(H,19,20). The summed E-state index contributed by atoms with van der Waals surface area (Å²) < 4.78 is 1.80. The molecule has 23 heavy (non-hydrogen) atoms. The molecule has 1 saturated carbocycles. The highest BCUT2D eigenvalue weighted by Crippen LogP contribution is 2.31. The van der Waals surface area contributed by atoms with Crippen LogP contribution >= 0.6 is 11.6 Å². The molecule has 1 fully saturated rings. The van der Waals surface area contributed by atoms with Crippen LogP contribution in [-0.2, 0) is 7.05 Å². The van der Waals surface area contributed by atoms with Gasteiger partial charge >= 0.3 is 0 Å². The van der Waals surface area contributed by atoms with E-state index in [1.807, 2.05) is 25.4 Å². The molecule has 1 aliphatic rings. The maximum atomic E-state index is 6.11. The maximum absolute atomic E-state index is 6.11. The SMILES string of the molecule is CN(C)C1CCC(Nc2cc(Cl)ncc2-c2ccn(C)n2)CC1. The highest BCUT2D eigenvalue weighted by Gasteiger charge is 2.23. The van der Waals surface area contributed by atoms with Crippen molar-refractivity contribution in [3.05, 3.63) is 29.7 Å². The van der Waals surface area contributed by atoms with Crippen molar-refractivity contribution in [2.45, 2.75) is 37.8 Å². The van der Waals surface area contributed by atoms with E-state index in [-0.39, 0.29) is 0 Å². The Balaban J connectivity index is 1.76. The average Bonchev–Trinajstić information content (AvgIpc) is 2.94. The Morgan fingerprint density at radius 3 is 2.61 bits per heavy atom. The summed E-state index contributed by atoms with van der Waals surface area (Å²) in [4.78, 5) is 6.56. The molecule has 124 valence electrons. The first-order valence-electron chi connectivity index (χ1n) is 8.11. The lowest BCUT2D eigenvalue weighted by Gasteiger charge is -2.33. The van der Waals surface area contributed by atoms with Crippen molar-refractivity contribution < 1.29 is 0 Å². The topological polar surface area (TPSA) is 46.0 Å². The smallest absolute Gasteiger partial charge is 0.131 e. The number of nitrogens with zero attached hydrogens (tertiary/aromatic N) is 4. The van der Waals surface area contributed by atoms with Crippen molar-refractivity contribution in [2.75, 3.05) is 19.4 Å². The molecule has 0 radical (unpaired) electrons. The van der Waals surface area contributed by atoms with E-state index in [2.05, 4.69) is 34.4 Å². The molecule has 5 nitrogen and oxygen atoms in total. The van der Waals surface area contributed by atoms with Gasteiger partial charge in [0.05, 0.1) is 5.69 Å². The zero-order valence-corrected chi connectivity index (χ0v) is 14.7. The molecule has 2 aromatic rings. The van der Waals surface area contributed by atoms with Gasteiger partial charge < -0.3 is 10.2 Å². The van der Waals surface area contributed by atoms with Crippen molar-refractivity contribution >= 4 is 17.3 Å². The molecule has 1 aliphatic carbocycles.